The van der Waals surface area contributed by atoms with Gasteiger partial charge in [0.05, 0.1) is 0 Å². The van der Waals surface area contributed by atoms with E-state index < -0.39 is 0 Å². The summed E-state index contributed by atoms with van der Waals surface area (Å²) < 4.78 is 0. The van der Waals surface area contributed by atoms with E-state index >= 15 is 0 Å². The molecular weight excluding hydrogens is 168 g/mol. The SMILES string of the molecule is CCC1(CC)CC(c2ccccc2)C1. The molecular formula is C14H20. The minimum absolute atomic E-state index is 0.681. The Kier molecular flexibility index (Phi) is 2.62. The highest BCUT2D eigenvalue weighted by molar-refractivity contribution is 5.23. The van der Waals surface area contributed by atoms with Crippen LogP contribution in [-0.2, 0) is 0 Å². The summed E-state index contributed by atoms with van der Waals surface area (Å²) in [5.74, 6) is 0.844. The van der Waals surface area contributed by atoms with Crippen LogP contribution in [0.1, 0.15) is 51.0 Å². The molecule has 0 radical (unpaired) electrons. The highest BCUT2D eigenvalue weighted by atomic mass is 14.5. The fourth-order valence-corrected chi connectivity index (χ4v) is 2.77. The summed E-state index contributed by atoms with van der Waals surface area (Å²) in [6.45, 7) is 4.68. The van der Waals surface area contributed by atoms with Gasteiger partial charge in [-0.2, -0.15) is 0 Å². The Morgan fingerprint density at radius 1 is 1.07 bits per heavy atom. The van der Waals surface area contributed by atoms with Gasteiger partial charge in [-0.3, -0.25) is 0 Å². The van der Waals surface area contributed by atoms with Crippen LogP contribution in [0, 0.1) is 5.41 Å². The van der Waals surface area contributed by atoms with Gasteiger partial charge in [-0.25, -0.2) is 0 Å². The maximum Gasteiger partial charge on any atom is -0.0151 e. The van der Waals surface area contributed by atoms with Crippen LogP contribution in [-0.4, -0.2) is 0 Å². The van der Waals surface area contributed by atoms with E-state index in [0.717, 1.165) is 5.92 Å². The van der Waals surface area contributed by atoms with Crippen LogP contribution in [0.15, 0.2) is 30.3 Å². The fourth-order valence-electron chi connectivity index (χ4n) is 2.77. The topological polar surface area (TPSA) is 0 Å². The van der Waals surface area contributed by atoms with Gasteiger partial charge in [0, 0.05) is 0 Å². The number of hydrogen-bond donors (Lipinski definition) is 0. The lowest BCUT2D eigenvalue weighted by molar-refractivity contribution is 0.0901. The molecule has 0 N–H and O–H groups in total. The summed E-state index contributed by atoms with van der Waals surface area (Å²) >= 11 is 0. The summed E-state index contributed by atoms with van der Waals surface area (Å²) in [6, 6.07) is 11.0. The molecule has 76 valence electrons. The van der Waals surface area contributed by atoms with Gasteiger partial charge < -0.3 is 0 Å². The molecule has 1 aliphatic rings. The second kappa shape index (κ2) is 3.76. The molecule has 0 bridgehead atoms. The van der Waals surface area contributed by atoms with Crippen molar-refractivity contribution in [1.82, 2.24) is 0 Å². The highest BCUT2D eigenvalue weighted by Crippen LogP contribution is 2.54. The van der Waals surface area contributed by atoms with E-state index in [1.165, 1.54) is 25.7 Å². The Bertz CT molecular complexity index is 274. The molecule has 0 aromatic heterocycles. The molecule has 1 saturated carbocycles. The second-order valence-electron chi connectivity index (χ2n) is 4.72. The molecule has 1 aromatic carbocycles. The summed E-state index contributed by atoms with van der Waals surface area (Å²) in [5.41, 5.74) is 2.23. The summed E-state index contributed by atoms with van der Waals surface area (Å²) in [4.78, 5) is 0. The molecule has 0 nitrogen and oxygen atoms in total. The van der Waals surface area contributed by atoms with Gasteiger partial charge in [-0.05, 0) is 29.7 Å². The molecule has 0 heterocycles. The van der Waals surface area contributed by atoms with Crippen molar-refractivity contribution in [3.63, 3.8) is 0 Å². The fraction of sp³-hybridized carbons (Fsp3) is 0.571. The third-order valence-corrected chi connectivity index (χ3v) is 4.13. The Morgan fingerprint density at radius 2 is 1.64 bits per heavy atom. The van der Waals surface area contributed by atoms with Crippen molar-refractivity contribution in [2.24, 2.45) is 5.41 Å². The van der Waals surface area contributed by atoms with Gasteiger partial charge in [-0.1, -0.05) is 57.0 Å². The van der Waals surface area contributed by atoms with Crippen molar-refractivity contribution in [3.8, 4) is 0 Å². The predicted octanol–water partition coefficient (Wildman–Crippen LogP) is 4.37. The number of rotatable bonds is 3. The quantitative estimate of drug-likeness (QED) is 0.660. The van der Waals surface area contributed by atoms with E-state index in [4.69, 9.17) is 0 Å². The number of hydrogen-bond acceptors (Lipinski definition) is 0. The molecule has 2 rings (SSSR count). The molecule has 0 spiro atoms. The monoisotopic (exact) mass is 188 g/mol. The van der Waals surface area contributed by atoms with Crippen molar-refractivity contribution in [2.75, 3.05) is 0 Å². The molecule has 1 aliphatic carbocycles. The minimum atomic E-state index is 0.681. The van der Waals surface area contributed by atoms with Crippen molar-refractivity contribution < 1.29 is 0 Å². The first-order valence-corrected chi connectivity index (χ1v) is 5.84. The lowest BCUT2D eigenvalue weighted by atomic mass is 9.57. The largest absolute Gasteiger partial charge is 0.0649 e. The third-order valence-electron chi connectivity index (χ3n) is 4.13. The van der Waals surface area contributed by atoms with E-state index in [-0.39, 0.29) is 0 Å². The Hall–Kier alpha value is -0.780. The number of benzene rings is 1. The van der Waals surface area contributed by atoms with Crippen LogP contribution < -0.4 is 0 Å². The zero-order chi connectivity index (χ0) is 10.0. The van der Waals surface area contributed by atoms with Gasteiger partial charge in [0.25, 0.3) is 0 Å². The molecule has 0 atom stereocenters. The highest BCUT2D eigenvalue weighted by Gasteiger charge is 2.41. The lowest BCUT2D eigenvalue weighted by Crippen LogP contribution is -2.34. The Morgan fingerprint density at radius 3 is 2.14 bits per heavy atom. The van der Waals surface area contributed by atoms with Crippen LogP contribution in [0.3, 0.4) is 0 Å². The van der Waals surface area contributed by atoms with Crippen LogP contribution in [0.2, 0.25) is 0 Å². The lowest BCUT2D eigenvalue weighted by Gasteiger charge is -2.47. The van der Waals surface area contributed by atoms with Gasteiger partial charge >= 0.3 is 0 Å². The Balaban J connectivity index is 2.01. The summed E-state index contributed by atoms with van der Waals surface area (Å²) in [6.07, 6.45) is 5.52. The first-order valence-electron chi connectivity index (χ1n) is 5.84. The van der Waals surface area contributed by atoms with Crippen LogP contribution in [0.5, 0.6) is 0 Å². The predicted molar refractivity (Wildman–Crippen MR) is 61.4 cm³/mol. The van der Waals surface area contributed by atoms with Crippen molar-refractivity contribution in [3.05, 3.63) is 35.9 Å². The molecule has 0 unspecified atom stereocenters. The first kappa shape index (κ1) is 9.76. The van der Waals surface area contributed by atoms with Crippen molar-refractivity contribution in [2.45, 2.75) is 45.4 Å². The smallest absolute Gasteiger partial charge is 0.0151 e. The van der Waals surface area contributed by atoms with E-state index in [9.17, 15) is 0 Å². The maximum atomic E-state index is 2.34. The molecule has 1 aromatic rings. The van der Waals surface area contributed by atoms with Crippen LogP contribution in [0.4, 0.5) is 0 Å². The maximum absolute atomic E-state index is 2.34. The molecule has 0 saturated heterocycles. The minimum Gasteiger partial charge on any atom is -0.0649 e. The van der Waals surface area contributed by atoms with Crippen LogP contribution in [0.25, 0.3) is 0 Å². The average Bonchev–Trinajstić information content (AvgIpc) is 2.19. The molecule has 0 amide bonds. The Labute approximate surface area is 87.3 Å². The molecule has 0 heteroatoms. The zero-order valence-corrected chi connectivity index (χ0v) is 9.29. The van der Waals surface area contributed by atoms with E-state index in [2.05, 4.69) is 44.2 Å². The van der Waals surface area contributed by atoms with Crippen molar-refractivity contribution >= 4 is 0 Å². The molecule has 14 heavy (non-hydrogen) atoms. The van der Waals surface area contributed by atoms with Gasteiger partial charge in [0.2, 0.25) is 0 Å². The molecule has 1 fully saturated rings. The first-order chi connectivity index (χ1) is 6.79. The van der Waals surface area contributed by atoms with Gasteiger partial charge in [-0.15, -0.1) is 0 Å². The third kappa shape index (κ3) is 1.58. The zero-order valence-electron chi connectivity index (χ0n) is 9.29. The van der Waals surface area contributed by atoms with Gasteiger partial charge in [0.15, 0.2) is 0 Å². The average molecular weight is 188 g/mol. The second-order valence-corrected chi connectivity index (χ2v) is 4.72. The van der Waals surface area contributed by atoms with E-state index in [1.807, 2.05) is 0 Å². The summed E-state index contributed by atoms with van der Waals surface area (Å²) in [5, 5.41) is 0. The van der Waals surface area contributed by atoms with E-state index in [1.54, 1.807) is 5.56 Å². The normalized spacial score (nSPS) is 20.4. The van der Waals surface area contributed by atoms with Gasteiger partial charge in [0.1, 0.15) is 0 Å². The molecule has 0 aliphatic heterocycles. The van der Waals surface area contributed by atoms with Crippen LogP contribution >= 0.6 is 0 Å². The van der Waals surface area contributed by atoms with E-state index in [0.29, 0.717) is 5.41 Å². The standard InChI is InChI=1S/C14H20/c1-3-14(4-2)10-13(11-14)12-8-6-5-7-9-12/h5-9,13H,3-4,10-11H2,1-2H3. The van der Waals surface area contributed by atoms with Crippen molar-refractivity contribution in [1.29, 1.82) is 0 Å². The summed E-state index contributed by atoms with van der Waals surface area (Å²) in [7, 11) is 0.